The van der Waals surface area contributed by atoms with Gasteiger partial charge in [0.05, 0.1) is 6.61 Å². The third-order valence-electron chi connectivity index (χ3n) is 3.88. The lowest BCUT2D eigenvalue weighted by molar-refractivity contribution is 0.0524. The average molecular weight is 372 g/mol. The highest BCUT2D eigenvalue weighted by Gasteiger charge is 2.22. The zero-order valence-electron chi connectivity index (χ0n) is 14.5. The first kappa shape index (κ1) is 18.0. The van der Waals surface area contributed by atoms with Crippen LogP contribution in [0.2, 0.25) is 0 Å². The van der Waals surface area contributed by atoms with Gasteiger partial charge in [0, 0.05) is 15.8 Å². The minimum Gasteiger partial charge on any atom is -0.462 e. The van der Waals surface area contributed by atoms with Crippen molar-refractivity contribution in [2.75, 3.05) is 12.9 Å². The second-order valence-corrected chi connectivity index (χ2v) is 6.34. The van der Waals surface area contributed by atoms with E-state index in [1.807, 2.05) is 18.4 Å². The molecule has 3 aromatic rings. The SMILES string of the molecule is CCOC(=O)c1c(C)oc(=O)c2c(=O)oc(-c3ccc(SC)cc3)cc12. The van der Waals surface area contributed by atoms with Gasteiger partial charge in [-0.3, -0.25) is 0 Å². The molecule has 1 aromatic carbocycles. The van der Waals surface area contributed by atoms with Crippen LogP contribution < -0.4 is 11.3 Å². The first-order chi connectivity index (χ1) is 12.5. The van der Waals surface area contributed by atoms with Crippen molar-refractivity contribution in [3.8, 4) is 11.3 Å². The van der Waals surface area contributed by atoms with Gasteiger partial charge in [-0.05, 0) is 38.3 Å². The van der Waals surface area contributed by atoms with Crippen LogP contribution in [-0.2, 0) is 4.74 Å². The Hall–Kier alpha value is -2.80. The van der Waals surface area contributed by atoms with E-state index in [2.05, 4.69) is 0 Å². The highest BCUT2D eigenvalue weighted by molar-refractivity contribution is 7.98. The molecule has 26 heavy (non-hydrogen) atoms. The summed E-state index contributed by atoms with van der Waals surface area (Å²) in [7, 11) is 0. The van der Waals surface area contributed by atoms with Crippen molar-refractivity contribution in [3.63, 3.8) is 0 Å². The van der Waals surface area contributed by atoms with E-state index in [4.69, 9.17) is 13.6 Å². The minimum absolute atomic E-state index is 0.0522. The first-order valence-electron chi connectivity index (χ1n) is 7.89. The first-order valence-corrected chi connectivity index (χ1v) is 9.11. The standard InChI is InChI=1S/C19H16O6S/c1-4-23-17(20)15-10(2)24-18(21)16-13(15)9-14(25-19(16)22)11-5-7-12(26-3)8-6-11/h5-9H,4H2,1-3H3. The van der Waals surface area contributed by atoms with Crippen LogP contribution in [0.3, 0.4) is 0 Å². The van der Waals surface area contributed by atoms with E-state index in [9.17, 15) is 14.4 Å². The molecule has 0 bridgehead atoms. The number of benzene rings is 1. The molecule has 0 N–H and O–H groups in total. The van der Waals surface area contributed by atoms with Crippen molar-refractivity contribution in [3.05, 3.63) is 62.5 Å². The summed E-state index contributed by atoms with van der Waals surface area (Å²) in [5.74, 6) is -0.311. The molecule has 6 nitrogen and oxygen atoms in total. The fraction of sp³-hybridized carbons (Fsp3) is 0.211. The summed E-state index contributed by atoms with van der Waals surface area (Å²) in [5, 5.41) is -0.138. The number of rotatable bonds is 4. The van der Waals surface area contributed by atoms with Gasteiger partial charge in [-0.25, -0.2) is 14.4 Å². The Balaban J connectivity index is 2.31. The van der Waals surface area contributed by atoms with Crippen LogP contribution in [-0.4, -0.2) is 18.8 Å². The third kappa shape index (κ3) is 3.17. The Morgan fingerprint density at radius 1 is 1.12 bits per heavy atom. The van der Waals surface area contributed by atoms with Crippen molar-refractivity contribution in [1.82, 2.24) is 0 Å². The average Bonchev–Trinajstić information content (AvgIpc) is 2.61. The molecular weight excluding hydrogens is 356 g/mol. The molecule has 0 aliphatic heterocycles. The molecule has 0 fully saturated rings. The topological polar surface area (TPSA) is 86.7 Å². The van der Waals surface area contributed by atoms with Crippen molar-refractivity contribution in [1.29, 1.82) is 0 Å². The van der Waals surface area contributed by atoms with Crippen LogP contribution in [0.1, 0.15) is 23.0 Å². The van der Waals surface area contributed by atoms with Crippen molar-refractivity contribution >= 4 is 28.5 Å². The molecule has 0 amide bonds. The van der Waals surface area contributed by atoms with Crippen LogP contribution in [0, 0.1) is 6.92 Å². The quantitative estimate of drug-likeness (QED) is 0.510. The van der Waals surface area contributed by atoms with Gasteiger partial charge >= 0.3 is 17.2 Å². The van der Waals surface area contributed by atoms with Crippen LogP contribution in [0.5, 0.6) is 0 Å². The van der Waals surface area contributed by atoms with Gasteiger partial charge < -0.3 is 13.6 Å². The van der Waals surface area contributed by atoms with E-state index in [0.717, 1.165) is 4.90 Å². The van der Waals surface area contributed by atoms with Crippen molar-refractivity contribution in [2.24, 2.45) is 0 Å². The number of carbonyl (C=O) groups excluding carboxylic acids is 1. The molecule has 0 saturated carbocycles. The molecule has 0 radical (unpaired) electrons. The van der Waals surface area contributed by atoms with Crippen LogP contribution in [0.25, 0.3) is 22.1 Å². The molecule has 2 aromatic heterocycles. The predicted molar refractivity (Wildman–Crippen MR) is 98.9 cm³/mol. The van der Waals surface area contributed by atoms with Crippen molar-refractivity contribution < 1.29 is 18.4 Å². The molecule has 0 aliphatic carbocycles. The molecule has 0 saturated heterocycles. The van der Waals surface area contributed by atoms with Gasteiger partial charge in [0.1, 0.15) is 17.1 Å². The van der Waals surface area contributed by atoms with Gasteiger partial charge in [0.25, 0.3) is 0 Å². The Kier molecular flexibility index (Phi) is 4.99. The summed E-state index contributed by atoms with van der Waals surface area (Å²) in [6, 6.07) is 8.89. The van der Waals surface area contributed by atoms with Gasteiger partial charge in [0.15, 0.2) is 5.39 Å². The van der Waals surface area contributed by atoms with E-state index in [1.54, 1.807) is 30.8 Å². The number of esters is 1. The van der Waals surface area contributed by atoms with Crippen molar-refractivity contribution in [2.45, 2.75) is 18.7 Å². The highest BCUT2D eigenvalue weighted by atomic mass is 32.2. The maximum atomic E-state index is 12.4. The van der Waals surface area contributed by atoms with Gasteiger partial charge in [-0.2, -0.15) is 0 Å². The highest BCUT2D eigenvalue weighted by Crippen LogP contribution is 2.26. The lowest BCUT2D eigenvalue weighted by Gasteiger charge is -2.09. The van der Waals surface area contributed by atoms with E-state index in [1.165, 1.54) is 13.0 Å². The molecule has 0 spiro atoms. The summed E-state index contributed by atoms with van der Waals surface area (Å²) in [4.78, 5) is 37.9. The van der Waals surface area contributed by atoms with Crippen LogP contribution >= 0.6 is 11.8 Å². The molecule has 0 aliphatic rings. The van der Waals surface area contributed by atoms with Crippen LogP contribution in [0.4, 0.5) is 0 Å². The maximum Gasteiger partial charge on any atom is 0.351 e. The normalized spacial score (nSPS) is 10.9. The lowest BCUT2D eigenvalue weighted by Crippen LogP contribution is -2.17. The molecule has 134 valence electrons. The molecule has 3 rings (SSSR count). The van der Waals surface area contributed by atoms with Crippen LogP contribution in [0.15, 0.2) is 53.7 Å². The second kappa shape index (κ2) is 7.21. The number of carbonyl (C=O) groups is 1. The summed E-state index contributed by atoms with van der Waals surface area (Å²) in [6.45, 7) is 3.31. The second-order valence-electron chi connectivity index (χ2n) is 5.46. The fourth-order valence-corrected chi connectivity index (χ4v) is 3.08. The Labute approximate surface area is 152 Å². The molecule has 2 heterocycles. The lowest BCUT2D eigenvalue weighted by atomic mass is 10.0. The molecule has 0 atom stereocenters. The van der Waals surface area contributed by atoms with Gasteiger partial charge in [-0.1, -0.05) is 12.1 Å². The minimum atomic E-state index is -0.856. The van der Waals surface area contributed by atoms with Gasteiger partial charge in [0.2, 0.25) is 0 Å². The molecule has 7 heteroatoms. The Bertz CT molecular complexity index is 1090. The number of hydrogen-bond acceptors (Lipinski definition) is 7. The van der Waals surface area contributed by atoms with E-state index < -0.39 is 17.2 Å². The zero-order valence-corrected chi connectivity index (χ0v) is 15.3. The maximum absolute atomic E-state index is 12.4. The molecule has 0 unspecified atom stereocenters. The van der Waals surface area contributed by atoms with Gasteiger partial charge in [-0.15, -0.1) is 11.8 Å². The monoisotopic (exact) mass is 372 g/mol. The summed E-state index contributed by atoms with van der Waals surface area (Å²) < 4.78 is 15.4. The fourth-order valence-electron chi connectivity index (χ4n) is 2.67. The summed E-state index contributed by atoms with van der Waals surface area (Å²) in [5.41, 5.74) is -0.992. The zero-order chi connectivity index (χ0) is 18.8. The summed E-state index contributed by atoms with van der Waals surface area (Å²) in [6.07, 6.45) is 1.96. The number of fused-ring (bicyclic) bond motifs is 1. The number of hydrogen-bond donors (Lipinski definition) is 0. The smallest absolute Gasteiger partial charge is 0.351 e. The Morgan fingerprint density at radius 3 is 2.38 bits per heavy atom. The van der Waals surface area contributed by atoms with E-state index in [-0.39, 0.29) is 34.5 Å². The van der Waals surface area contributed by atoms with E-state index >= 15 is 0 Å². The predicted octanol–water partition coefficient (Wildman–Crippen LogP) is 3.62. The summed E-state index contributed by atoms with van der Waals surface area (Å²) >= 11 is 1.59. The van der Waals surface area contributed by atoms with E-state index in [0.29, 0.717) is 5.56 Å². The Morgan fingerprint density at radius 2 is 1.77 bits per heavy atom. The number of aryl methyl sites for hydroxylation is 1. The largest absolute Gasteiger partial charge is 0.462 e. The third-order valence-corrected chi connectivity index (χ3v) is 4.62. The molecular formula is C19H16O6S. The number of ether oxygens (including phenoxy) is 1. The number of thioether (sulfide) groups is 1.